The van der Waals surface area contributed by atoms with Gasteiger partial charge >= 0.3 is 0 Å². The number of amides is 2. The number of hydrogen-bond donors (Lipinski definition) is 1. The van der Waals surface area contributed by atoms with E-state index in [1.54, 1.807) is 18.2 Å². The molecule has 0 radical (unpaired) electrons. The maximum absolute atomic E-state index is 13.2. The average Bonchev–Trinajstić information content (AvgIpc) is 2.73. The van der Waals surface area contributed by atoms with Crippen LogP contribution in [-0.2, 0) is 17.8 Å². The van der Waals surface area contributed by atoms with Crippen molar-refractivity contribution in [1.82, 2.24) is 24.7 Å². The molecule has 1 aromatic carbocycles. The van der Waals surface area contributed by atoms with E-state index in [1.807, 2.05) is 30.2 Å². The third kappa shape index (κ3) is 5.61. The van der Waals surface area contributed by atoms with Gasteiger partial charge in [-0.1, -0.05) is 12.8 Å². The van der Waals surface area contributed by atoms with Crippen molar-refractivity contribution in [2.75, 3.05) is 32.7 Å². The fraction of sp³-hybridized carbons (Fsp3) is 0.600. The van der Waals surface area contributed by atoms with Crippen molar-refractivity contribution in [1.29, 1.82) is 0 Å². The molecule has 1 saturated heterocycles. The number of nitrogens with zero attached hydrogens (tertiary/aromatic N) is 4. The Bertz CT molecular complexity index is 1090. The summed E-state index contributed by atoms with van der Waals surface area (Å²) in [6, 6.07) is 5.26. The molecule has 2 aliphatic rings. The van der Waals surface area contributed by atoms with Crippen LogP contribution >= 0.6 is 0 Å². The molecule has 3 heterocycles. The summed E-state index contributed by atoms with van der Waals surface area (Å²) in [6.45, 7) is 9.41. The van der Waals surface area contributed by atoms with Crippen LogP contribution in [-0.4, -0.2) is 69.4 Å². The van der Waals surface area contributed by atoms with Crippen LogP contribution in [0.5, 0.6) is 0 Å². The number of piperazine rings is 1. The van der Waals surface area contributed by atoms with Gasteiger partial charge in [0.05, 0.1) is 17.4 Å². The maximum atomic E-state index is 13.2. The molecule has 4 rings (SSSR count). The van der Waals surface area contributed by atoms with Crippen LogP contribution in [0.25, 0.3) is 10.9 Å². The van der Waals surface area contributed by atoms with Crippen molar-refractivity contribution in [3.8, 4) is 0 Å². The van der Waals surface area contributed by atoms with Crippen LogP contribution in [0.15, 0.2) is 23.0 Å². The van der Waals surface area contributed by atoms with Crippen LogP contribution in [0, 0.1) is 0 Å². The average molecular weight is 454 g/mol. The van der Waals surface area contributed by atoms with Crippen molar-refractivity contribution < 1.29 is 9.59 Å². The number of aromatic nitrogens is 2. The monoisotopic (exact) mass is 453 g/mol. The standard InChI is InChI=1S/C25H35N5O3/c1-25(2,3)27-22(31)17-28-12-14-29(15-13-28)23(32)18-9-10-19-20(16-18)26-21-8-6-4-5-7-11-30(21)24(19)33/h9-10,16H,4-8,11-15,17H2,1-3H3,(H,27,31). The first-order valence-corrected chi connectivity index (χ1v) is 12.1. The van der Waals surface area contributed by atoms with Gasteiger partial charge in [0.25, 0.3) is 11.5 Å². The highest BCUT2D eigenvalue weighted by Gasteiger charge is 2.25. The van der Waals surface area contributed by atoms with Gasteiger partial charge in [0.2, 0.25) is 5.91 Å². The first-order valence-electron chi connectivity index (χ1n) is 12.1. The van der Waals surface area contributed by atoms with Gasteiger partial charge in [-0.3, -0.25) is 23.9 Å². The van der Waals surface area contributed by atoms with Crippen LogP contribution < -0.4 is 10.9 Å². The predicted octanol–water partition coefficient (Wildman–Crippen LogP) is 2.19. The molecular weight excluding hydrogens is 418 g/mol. The lowest BCUT2D eigenvalue weighted by Crippen LogP contribution is -2.52. The predicted molar refractivity (Wildman–Crippen MR) is 128 cm³/mol. The lowest BCUT2D eigenvalue weighted by atomic mass is 10.1. The molecule has 178 valence electrons. The molecule has 0 bridgehead atoms. The van der Waals surface area contributed by atoms with E-state index in [0.29, 0.717) is 49.2 Å². The van der Waals surface area contributed by atoms with E-state index in [0.717, 1.165) is 44.5 Å². The van der Waals surface area contributed by atoms with Gasteiger partial charge < -0.3 is 10.2 Å². The largest absolute Gasteiger partial charge is 0.350 e. The Kier molecular flexibility index (Phi) is 6.83. The van der Waals surface area contributed by atoms with E-state index in [2.05, 4.69) is 10.2 Å². The lowest BCUT2D eigenvalue weighted by molar-refractivity contribution is -0.124. The number of aryl methyl sites for hydroxylation is 1. The smallest absolute Gasteiger partial charge is 0.261 e. The van der Waals surface area contributed by atoms with Crippen molar-refractivity contribution >= 4 is 22.7 Å². The minimum absolute atomic E-state index is 0.00181. The summed E-state index contributed by atoms with van der Waals surface area (Å²) in [5.41, 5.74) is 0.913. The summed E-state index contributed by atoms with van der Waals surface area (Å²) in [7, 11) is 0. The Hall–Kier alpha value is -2.74. The molecule has 0 unspecified atom stereocenters. The second-order valence-electron chi connectivity index (χ2n) is 10.2. The Morgan fingerprint density at radius 1 is 1.00 bits per heavy atom. The Morgan fingerprint density at radius 2 is 1.73 bits per heavy atom. The second kappa shape index (κ2) is 9.63. The SMILES string of the molecule is CC(C)(C)NC(=O)CN1CCN(C(=O)c2ccc3c(=O)n4c(nc3c2)CCCCCC4)CC1. The first kappa shape index (κ1) is 23.4. The Balaban J connectivity index is 1.45. The number of hydrogen-bond acceptors (Lipinski definition) is 5. The third-order valence-electron chi connectivity index (χ3n) is 6.35. The quantitative estimate of drug-likeness (QED) is 0.770. The molecule has 0 aliphatic carbocycles. The van der Waals surface area contributed by atoms with Crippen LogP contribution in [0.4, 0.5) is 0 Å². The van der Waals surface area contributed by atoms with Crippen molar-refractivity contribution in [2.45, 2.75) is 65.0 Å². The van der Waals surface area contributed by atoms with Crippen molar-refractivity contribution in [3.63, 3.8) is 0 Å². The summed E-state index contributed by atoms with van der Waals surface area (Å²) >= 11 is 0. The van der Waals surface area contributed by atoms with Crippen molar-refractivity contribution in [3.05, 3.63) is 39.9 Å². The molecule has 1 N–H and O–H groups in total. The highest BCUT2D eigenvalue weighted by molar-refractivity contribution is 5.97. The molecule has 2 aliphatic heterocycles. The molecule has 8 nitrogen and oxygen atoms in total. The van der Waals surface area contributed by atoms with E-state index in [4.69, 9.17) is 4.98 Å². The van der Waals surface area contributed by atoms with E-state index >= 15 is 0 Å². The van der Waals surface area contributed by atoms with Gasteiger partial charge in [-0.2, -0.15) is 0 Å². The number of carbonyl (C=O) groups is 2. The number of rotatable bonds is 3. The summed E-state index contributed by atoms with van der Waals surface area (Å²) in [5.74, 6) is 0.785. The highest BCUT2D eigenvalue weighted by Crippen LogP contribution is 2.18. The molecule has 1 fully saturated rings. The third-order valence-corrected chi connectivity index (χ3v) is 6.35. The van der Waals surface area contributed by atoms with Gasteiger partial charge in [-0.05, 0) is 51.8 Å². The number of fused-ring (bicyclic) bond motifs is 2. The normalized spacial score (nSPS) is 17.8. The fourth-order valence-corrected chi connectivity index (χ4v) is 4.68. The highest BCUT2D eigenvalue weighted by atomic mass is 16.2. The zero-order chi connectivity index (χ0) is 23.6. The second-order valence-corrected chi connectivity index (χ2v) is 10.2. The number of carbonyl (C=O) groups excluding carboxylic acids is 2. The molecule has 0 saturated carbocycles. The van der Waals surface area contributed by atoms with E-state index in [9.17, 15) is 14.4 Å². The molecule has 1 aromatic heterocycles. The number of nitrogens with one attached hydrogen (secondary N) is 1. The summed E-state index contributed by atoms with van der Waals surface area (Å²) in [5, 5.41) is 3.56. The minimum atomic E-state index is -0.251. The molecular formula is C25H35N5O3. The first-order chi connectivity index (χ1) is 15.7. The molecule has 0 atom stereocenters. The maximum Gasteiger partial charge on any atom is 0.261 e. The van der Waals surface area contributed by atoms with E-state index in [1.165, 1.54) is 0 Å². The molecule has 2 aromatic rings. The van der Waals surface area contributed by atoms with Gasteiger partial charge in [0.1, 0.15) is 5.82 Å². The van der Waals surface area contributed by atoms with Crippen LogP contribution in [0.2, 0.25) is 0 Å². The molecule has 33 heavy (non-hydrogen) atoms. The van der Waals surface area contributed by atoms with Crippen molar-refractivity contribution in [2.24, 2.45) is 0 Å². The zero-order valence-corrected chi connectivity index (χ0v) is 20.0. The topological polar surface area (TPSA) is 87.5 Å². The molecule has 8 heteroatoms. The zero-order valence-electron chi connectivity index (χ0n) is 20.0. The van der Waals surface area contributed by atoms with Crippen LogP contribution in [0.1, 0.15) is 62.6 Å². The Labute approximate surface area is 195 Å². The van der Waals surface area contributed by atoms with Gasteiger partial charge in [0.15, 0.2) is 0 Å². The lowest BCUT2D eigenvalue weighted by Gasteiger charge is -2.35. The van der Waals surface area contributed by atoms with Gasteiger partial charge in [-0.25, -0.2) is 4.98 Å². The van der Waals surface area contributed by atoms with Crippen LogP contribution in [0.3, 0.4) is 0 Å². The summed E-state index contributed by atoms with van der Waals surface area (Å²) < 4.78 is 1.82. The molecule has 2 amide bonds. The van der Waals surface area contributed by atoms with Gasteiger partial charge in [-0.15, -0.1) is 0 Å². The minimum Gasteiger partial charge on any atom is -0.350 e. The Morgan fingerprint density at radius 3 is 2.45 bits per heavy atom. The number of benzene rings is 1. The van der Waals surface area contributed by atoms with E-state index < -0.39 is 0 Å². The summed E-state index contributed by atoms with van der Waals surface area (Å²) in [4.78, 5) is 47.0. The molecule has 0 spiro atoms. The summed E-state index contributed by atoms with van der Waals surface area (Å²) in [6.07, 6.45) is 5.14. The van der Waals surface area contributed by atoms with Gasteiger partial charge in [0, 0.05) is 50.2 Å². The fourth-order valence-electron chi connectivity index (χ4n) is 4.68. The van der Waals surface area contributed by atoms with E-state index in [-0.39, 0.29) is 22.9 Å².